The number of rotatable bonds is 11. The van der Waals surface area contributed by atoms with Crippen LogP contribution in [0.4, 0.5) is 0 Å². The summed E-state index contributed by atoms with van der Waals surface area (Å²) in [6, 6.07) is 0. The SMILES string of the molecule is CC(=O)CC(=O)C(=O)[O-].CC(=O)CC(=O)C(=O)[O-].CC(=O)CC(=O)C(=O)[O-].CCCCO.[Zr+3]. The predicted octanol–water partition coefficient (Wildman–Crippen LogP) is -4.37. The number of aliphatic hydroxyl groups excluding tert-OH is 1. The van der Waals surface area contributed by atoms with E-state index in [1.165, 1.54) is 0 Å². The number of carbonyl (C=O) groups excluding carboxylic acids is 9. The summed E-state index contributed by atoms with van der Waals surface area (Å²) in [4.78, 5) is 89.2. The van der Waals surface area contributed by atoms with E-state index >= 15 is 0 Å². The number of carboxylic acids is 3. The molecule has 0 aliphatic carbocycles. The number of aliphatic hydroxyl groups is 1. The summed E-state index contributed by atoms with van der Waals surface area (Å²) in [6.07, 6.45) is 0.337. The summed E-state index contributed by atoms with van der Waals surface area (Å²) in [7, 11) is 0. The van der Waals surface area contributed by atoms with Gasteiger partial charge in [0.2, 0.25) is 0 Å². The van der Waals surface area contributed by atoms with Crippen molar-refractivity contribution >= 4 is 52.6 Å². The number of aliphatic carboxylic acids is 3. The van der Waals surface area contributed by atoms with Gasteiger partial charge in [0.1, 0.15) is 35.3 Å². The minimum absolute atomic E-state index is 0. The molecule has 0 spiro atoms. The number of ketones is 6. The maximum atomic E-state index is 10.1. The summed E-state index contributed by atoms with van der Waals surface area (Å²) < 4.78 is 0. The van der Waals surface area contributed by atoms with Crippen molar-refractivity contribution in [3.05, 3.63) is 0 Å². The van der Waals surface area contributed by atoms with E-state index in [4.69, 9.17) is 5.11 Å². The van der Waals surface area contributed by atoms with E-state index < -0.39 is 71.9 Å². The number of unbranched alkanes of at least 4 members (excludes halogenated alkanes) is 1. The second kappa shape index (κ2) is 25.5. The van der Waals surface area contributed by atoms with Gasteiger partial charge in [-0.1, -0.05) is 13.3 Å². The van der Waals surface area contributed by atoms with Crippen molar-refractivity contribution in [1.29, 1.82) is 0 Å². The van der Waals surface area contributed by atoms with Crippen LogP contribution in [0.2, 0.25) is 0 Å². The maximum Gasteiger partial charge on any atom is 3.00 e. The molecule has 1 N–H and O–H groups in total. The van der Waals surface area contributed by atoms with Crippen molar-refractivity contribution in [3.63, 3.8) is 0 Å². The Kier molecular flexibility index (Phi) is 31.4. The van der Waals surface area contributed by atoms with Crippen LogP contribution in [-0.4, -0.2) is 64.3 Å². The van der Waals surface area contributed by atoms with Gasteiger partial charge >= 0.3 is 26.2 Å². The molecule has 183 valence electrons. The van der Waals surface area contributed by atoms with Crippen LogP contribution in [-0.2, 0) is 69.4 Å². The largest absolute Gasteiger partial charge is 3.00 e. The third kappa shape index (κ3) is 40.2. The van der Waals surface area contributed by atoms with E-state index in [0.717, 1.165) is 33.6 Å². The van der Waals surface area contributed by atoms with Crippen LogP contribution < -0.4 is 15.3 Å². The van der Waals surface area contributed by atoms with Crippen LogP contribution in [0.25, 0.3) is 0 Å². The second-order valence-electron chi connectivity index (χ2n) is 5.85. The van der Waals surface area contributed by atoms with Gasteiger partial charge < -0.3 is 34.8 Å². The zero-order valence-electron chi connectivity index (χ0n) is 18.6. The van der Waals surface area contributed by atoms with Gasteiger partial charge in [0.25, 0.3) is 0 Å². The fourth-order valence-electron chi connectivity index (χ4n) is 1.05. The van der Waals surface area contributed by atoms with Crippen LogP contribution in [0.3, 0.4) is 0 Å². The van der Waals surface area contributed by atoms with Crippen LogP contribution in [0.15, 0.2) is 0 Å². The average Bonchev–Trinajstić information content (AvgIpc) is 2.62. The van der Waals surface area contributed by atoms with E-state index in [1.54, 1.807) is 0 Å². The number of carboxylic acid groups (broad SMARTS) is 3. The van der Waals surface area contributed by atoms with E-state index in [0.29, 0.717) is 6.61 Å². The molecule has 0 bridgehead atoms. The third-order valence-electron chi connectivity index (χ3n) is 2.42. The Labute approximate surface area is 208 Å². The van der Waals surface area contributed by atoms with Gasteiger partial charge in [0, 0.05) is 6.61 Å². The van der Waals surface area contributed by atoms with Crippen LogP contribution >= 0.6 is 0 Å². The maximum absolute atomic E-state index is 10.1. The molecule has 13 nitrogen and oxygen atoms in total. The topological polar surface area (TPSA) is 243 Å². The molecule has 33 heavy (non-hydrogen) atoms. The Hall–Kier alpha value is -2.73. The van der Waals surface area contributed by atoms with Crippen molar-refractivity contribution in [1.82, 2.24) is 0 Å². The number of hydrogen-bond donors (Lipinski definition) is 1. The molecule has 0 saturated heterocycles. The molecule has 0 atom stereocenters. The molecule has 0 rings (SSSR count). The smallest absolute Gasteiger partial charge is 0.542 e. The molecule has 1 radical (unpaired) electrons. The van der Waals surface area contributed by atoms with Crippen molar-refractivity contribution < 1.29 is 89.8 Å². The van der Waals surface area contributed by atoms with E-state index in [9.17, 15) is 58.5 Å². The standard InChI is InChI=1S/3C5H6O4.C4H10O.Zr/c3*1-3(6)2-4(7)5(8)9;1-2-3-4-5;/h3*2H2,1H3,(H,8,9);5H,2-4H2,1H3;/q;;;;+3/p-3. The summed E-state index contributed by atoms with van der Waals surface area (Å²) in [5.74, 6) is -10.3. The van der Waals surface area contributed by atoms with Crippen LogP contribution in [0, 0.1) is 0 Å². The molecule has 0 aliphatic rings. The monoisotopic (exact) mass is 551 g/mol. The number of Topliss-reactive ketones (excluding diaryl/α,β-unsaturated/α-hetero) is 6. The molecule has 0 aliphatic heterocycles. The van der Waals surface area contributed by atoms with Gasteiger partial charge in [-0.15, -0.1) is 0 Å². The van der Waals surface area contributed by atoms with Crippen molar-refractivity contribution in [2.24, 2.45) is 0 Å². The van der Waals surface area contributed by atoms with Crippen LogP contribution in [0.5, 0.6) is 0 Å². The first kappa shape index (κ1) is 40.6. The van der Waals surface area contributed by atoms with Crippen molar-refractivity contribution in [2.45, 2.75) is 59.8 Å². The van der Waals surface area contributed by atoms with Gasteiger partial charge in [-0.3, -0.25) is 28.8 Å². The summed E-state index contributed by atoms with van der Waals surface area (Å²) >= 11 is 0. The summed E-state index contributed by atoms with van der Waals surface area (Å²) in [5, 5.41) is 36.9. The van der Waals surface area contributed by atoms with Gasteiger partial charge in [-0.05, 0) is 27.2 Å². The molecular formula is C19H25O13Zr. The first-order chi connectivity index (χ1) is 14.5. The quantitative estimate of drug-likeness (QED) is 0.188. The Morgan fingerprint density at radius 2 is 0.788 bits per heavy atom. The van der Waals surface area contributed by atoms with E-state index in [2.05, 4.69) is 6.92 Å². The predicted molar refractivity (Wildman–Crippen MR) is 97.9 cm³/mol. The van der Waals surface area contributed by atoms with Gasteiger partial charge in [0.05, 0.1) is 19.3 Å². The Bertz CT molecular complexity index is 618. The van der Waals surface area contributed by atoms with Gasteiger partial charge in [-0.25, -0.2) is 0 Å². The molecule has 0 aromatic heterocycles. The van der Waals surface area contributed by atoms with E-state index in [1.807, 2.05) is 0 Å². The molecule has 0 unspecified atom stereocenters. The molecular weight excluding hydrogens is 527 g/mol. The van der Waals surface area contributed by atoms with Crippen LogP contribution in [0.1, 0.15) is 59.8 Å². The van der Waals surface area contributed by atoms with Crippen molar-refractivity contribution in [2.75, 3.05) is 6.61 Å². The summed E-state index contributed by atoms with van der Waals surface area (Å²) in [5.41, 5.74) is 0. The van der Waals surface area contributed by atoms with E-state index in [-0.39, 0.29) is 26.2 Å². The molecule has 0 saturated carbocycles. The van der Waals surface area contributed by atoms with Gasteiger partial charge in [-0.2, -0.15) is 0 Å². The molecule has 0 aromatic carbocycles. The zero-order chi connectivity index (χ0) is 26.4. The Morgan fingerprint density at radius 3 is 0.818 bits per heavy atom. The molecule has 0 heterocycles. The molecule has 0 aromatic rings. The minimum atomic E-state index is -1.80. The average molecular weight is 553 g/mol. The first-order valence-electron chi connectivity index (χ1n) is 8.84. The molecule has 0 amide bonds. The first-order valence-corrected chi connectivity index (χ1v) is 8.84. The normalized spacial score (nSPS) is 8.27. The third-order valence-corrected chi connectivity index (χ3v) is 2.42. The fourth-order valence-corrected chi connectivity index (χ4v) is 1.05. The summed E-state index contributed by atoms with van der Waals surface area (Å²) in [6.45, 7) is 5.81. The van der Waals surface area contributed by atoms with Gasteiger partial charge in [0.15, 0.2) is 17.3 Å². The number of hydrogen-bond acceptors (Lipinski definition) is 13. The molecule has 14 heteroatoms. The molecule has 0 fully saturated rings. The Morgan fingerprint density at radius 1 is 0.576 bits per heavy atom. The fraction of sp³-hybridized carbons (Fsp3) is 0.526. The number of carbonyl (C=O) groups is 9. The second-order valence-corrected chi connectivity index (χ2v) is 5.85. The Balaban J connectivity index is -0.000000107. The zero-order valence-corrected chi connectivity index (χ0v) is 21.0. The van der Waals surface area contributed by atoms with Crippen molar-refractivity contribution in [3.8, 4) is 0 Å². The minimum Gasteiger partial charge on any atom is -0.542 e.